The van der Waals surface area contributed by atoms with Gasteiger partial charge in [-0.15, -0.1) is 0 Å². The van der Waals surface area contributed by atoms with E-state index in [1.165, 1.54) is 238 Å². The third kappa shape index (κ3) is 47.6. The Morgan fingerprint density at radius 2 is 0.569 bits per heavy atom. The first-order valence-corrected chi connectivity index (χ1v) is 26.6. The molecule has 0 heterocycles. The van der Waals surface area contributed by atoms with Gasteiger partial charge in [-0.3, -0.25) is 9.59 Å². The lowest BCUT2D eigenvalue weighted by Gasteiger charge is -2.18. The van der Waals surface area contributed by atoms with Crippen molar-refractivity contribution in [3.63, 3.8) is 0 Å². The first kappa shape index (κ1) is 56.9. The molecule has 346 valence electrons. The smallest absolute Gasteiger partial charge is 0.306 e. The van der Waals surface area contributed by atoms with Crippen molar-refractivity contribution in [3.8, 4) is 0 Å². The molecule has 58 heavy (non-hydrogen) atoms. The third-order valence-corrected chi connectivity index (χ3v) is 12.1. The van der Waals surface area contributed by atoms with E-state index in [0.717, 1.165) is 32.1 Å². The van der Waals surface area contributed by atoms with E-state index in [0.29, 0.717) is 26.1 Å². The second kappa shape index (κ2) is 50.3. The molecule has 1 atom stereocenters. The van der Waals surface area contributed by atoms with Crippen LogP contribution in [0.25, 0.3) is 0 Å². The van der Waals surface area contributed by atoms with E-state index in [4.69, 9.17) is 14.2 Å². The fourth-order valence-corrected chi connectivity index (χ4v) is 8.16. The predicted octanol–water partition coefficient (Wildman–Crippen LogP) is 17.7. The lowest BCUT2D eigenvalue weighted by atomic mass is 10.0. The molecule has 5 nitrogen and oxygen atoms in total. The van der Waals surface area contributed by atoms with Crippen molar-refractivity contribution in [2.45, 2.75) is 309 Å². The van der Waals surface area contributed by atoms with Crippen LogP contribution < -0.4 is 0 Å². The summed E-state index contributed by atoms with van der Waals surface area (Å²) in [6, 6.07) is 0. The topological polar surface area (TPSA) is 61.8 Å². The summed E-state index contributed by atoms with van der Waals surface area (Å²) in [6.45, 7) is 7.87. The van der Waals surface area contributed by atoms with E-state index in [1.807, 2.05) is 0 Å². The number of unbranched alkanes of at least 4 members (excludes halogenated alkanes) is 39. The Morgan fingerprint density at radius 3 is 0.879 bits per heavy atom. The van der Waals surface area contributed by atoms with Gasteiger partial charge in [-0.1, -0.05) is 271 Å². The number of carbonyl (C=O) groups is 2. The summed E-state index contributed by atoms with van der Waals surface area (Å²) in [5.74, 6) is -0.378. The Kier molecular flexibility index (Phi) is 49.3. The standard InChI is InChI=1S/C53H104O5/c1-4-7-10-13-16-18-20-22-24-26-28-30-32-34-36-39-42-45-48-56-49-51(58-53(55)47-44-41-37-15-12-9-6-3)50-57-52(54)46-43-40-38-35-33-31-29-27-25-23-21-19-17-14-11-8-5-2/h51H,4-50H2,1-3H3. The van der Waals surface area contributed by atoms with Crippen LogP contribution in [-0.2, 0) is 23.8 Å². The summed E-state index contributed by atoms with van der Waals surface area (Å²) in [5.41, 5.74) is 0. The van der Waals surface area contributed by atoms with E-state index in [-0.39, 0.29) is 18.5 Å². The van der Waals surface area contributed by atoms with Crippen LogP contribution in [0.3, 0.4) is 0 Å². The second-order valence-corrected chi connectivity index (χ2v) is 18.2. The molecule has 0 saturated carbocycles. The minimum absolute atomic E-state index is 0.0969. The van der Waals surface area contributed by atoms with Gasteiger partial charge in [0, 0.05) is 19.4 Å². The van der Waals surface area contributed by atoms with E-state index in [2.05, 4.69) is 20.8 Å². The van der Waals surface area contributed by atoms with Crippen LogP contribution >= 0.6 is 0 Å². The molecule has 0 aromatic carbocycles. The van der Waals surface area contributed by atoms with Gasteiger partial charge in [0.05, 0.1) is 6.61 Å². The van der Waals surface area contributed by atoms with Gasteiger partial charge in [0.1, 0.15) is 6.61 Å². The zero-order valence-electron chi connectivity index (χ0n) is 39.9. The summed E-state index contributed by atoms with van der Waals surface area (Å²) >= 11 is 0. The van der Waals surface area contributed by atoms with Crippen molar-refractivity contribution in [3.05, 3.63) is 0 Å². The van der Waals surface area contributed by atoms with Gasteiger partial charge < -0.3 is 14.2 Å². The molecule has 0 aromatic rings. The van der Waals surface area contributed by atoms with Gasteiger partial charge in [0.15, 0.2) is 6.10 Å². The normalized spacial score (nSPS) is 12.0. The molecule has 0 bridgehead atoms. The first-order chi connectivity index (χ1) is 28.6. The van der Waals surface area contributed by atoms with Crippen molar-refractivity contribution in [2.75, 3.05) is 19.8 Å². The molecular weight excluding hydrogens is 717 g/mol. The minimum Gasteiger partial charge on any atom is -0.462 e. The number of rotatable bonds is 50. The van der Waals surface area contributed by atoms with Crippen LogP contribution in [0, 0.1) is 0 Å². The number of ether oxygens (including phenoxy) is 3. The summed E-state index contributed by atoms with van der Waals surface area (Å²) in [7, 11) is 0. The van der Waals surface area contributed by atoms with Gasteiger partial charge in [-0.25, -0.2) is 0 Å². The molecule has 0 fully saturated rings. The Balaban J connectivity index is 4.02. The highest BCUT2D eigenvalue weighted by Gasteiger charge is 2.17. The first-order valence-electron chi connectivity index (χ1n) is 26.6. The van der Waals surface area contributed by atoms with Crippen LogP contribution in [0.4, 0.5) is 0 Å². The summed E-state index contributed by atoms with van der Waals surface area (Å²) < 4.78 is 17.4. The molecule has 0 aliphatic rings. The average Bonchev–Trinajstić information content (AvgIpc) is 3.22. The molecule has 0 spiro atoms. The van der Waals surface area contributed by atoms with Crippen LogP contribution in [0.5, 0.6) is 0 Å². The van der Waals surface area contributed by atoms with Crippen molar-refractivity contribution in [2.24, 2.45) is 0 Å². The van der Waals surface area contributed by atoms with Crippen molar-refractivity contribution < 1.29 is 23.8 Å². The third-order valence-electron chi connectivity index (χ3n) is 12.1. The largest absolute Gasteiger partial charge is 0.462 e. The molecule has 0 aliphatic carbocycles. The molecule has 5 heteroatoms. The highest BCUT2D eigenvalue weighted by atomic mass is 16.6. The highest BCUT2D eigenvalue weighted by molar-refractivity contribution is 5.70. The predicted molar refractivity (Wildman–Crippen MR) is 252 cm³/mol. The zero-order valence-corrected chi connectivity index (χ0v) is 39.9. The van der Waals surface area contributed by atoms with Crippen LogP contribution in [0.1, 0.15) is 303 Å². The van der Waals surface area contributed by atoms with E-state index in [1.54, 1.807) is 0 Å². The van der Waals surface area contributed by atoms with Crippen molar-refractivity contribution in [1.29, 1.82) is 0 Å². The second-order valence-electron chi connectivity index (χ2n) is 18.2. The van der Waals surface area contributed by atoms with Crippen LogP contribution in [0.2, 0.25) is 0 Å². The maximum Gasteiger partial charge on any atom is 0.306 e. The molecule has 0 N–H and O–H groups in total. The Hall–Kier alpha value is -1.10. The summed E-state index contributed by atoms with van der Waals surface area (Å²) in [4.78, 5) is 25.2. The maximum atomic E-state index is 12.7. The van der Waals surface area contributed by atoms with E-state index < -0.39 is 6.10 Å². The lowest BCUT2D eigenvalue weighted by molar-refractivity contribution is -0.163. The number of hydrogen-bond acceptors (Lipinski definition) is 5. The molecule has 0 aliphatic heterocycles. The van der Waals surface area contributed by atoms with Gasteiger partial charge >= 0.3 is 11.9 Å². The highest BCUT2D eigenvalue weighted by Crippen LogP contribution is 2.17. The van der Waals surface area contributed by atoms with Gasteiger partial charge in [-0.05, 0) is 19.3 Å². The van der Waals surface area contributed by atoms with Gasteiger partial charge in [0.25, 0.3) is 0 Å². The minimum atomic E-state index is -0.521. The van der Waals surface area contributed by atoms with Gasteiger partial charge in [0.2, 0.25) is 0 Å². The Morgan fingerprint density at radius 1 is 0.310 bits per heavy atom. The molecule has 0 aromatic heterocycles. The Bertz CT molecular complexity index is 799. The van der Waals surface area contributed by atoms with Crippen LogP contribution in [-0.4, -0.2) is 37.9 Å². The maximum absolute atomic E-state index is 12.7. The molecular formula is C53H104O5. The quantitative estimate of drug-likeness (QED) is 0.0452. The molecule has 1 unspecified atom stereocenters. The van der Waals surface area contributed by atoms with E-state index in [9.17, 15) is 9.59 Å². The number of carbonyl (C=O) groups excluding carboxylic acids is 2. The molecule has 0 amide bonds. The molecule has 0 rings (SSSR count). The fourth-order valence-electron chi connectivity index (χ4n) is 8.16. The average molecular weight is 821 g/mol. The lowest BCUT2D eigenvalue weighted by Crippen LogP contribution is -2.30. The molecule has 0 radical (unpaired) electrons. The van der Waals surface area contributed by atoms with Gasteiger partial charge in [-0.2, -0.15) is 0 Å². The number of hydrogen-bond donors (Lipinski definition) is 0. The fraction of sp³-hybridized carbons (Fsp3) is 0.962. The van der Waals surface area contributed by atoms with E-state index >= 15 is 0 Å². The molecule has 0 saturated heterocycles. The SMILES string of the molecule is CCCCCCCCCCCCCCCCCCCCOCC(COC(=O)CCCCCCCCCCCCCCCCCCC)OC(=O)CCCCCCCCC. The number of esters is 2. The Labute approximate surface area is 363 Å². The monoisotopic (exact) mass is 821 g/mol. The summed E-state index contributed by atoms with van der Waals surface area (Å²) in [6.07, 6.45) is 55.6. The zero-order chi connectivity index (χ0) is 42.1. The van der Waals surface area contributed by atoms with Crippen LogP contribution in [0.15, 0.2) is 0 Å². The summed E-state index contributed by atoms with van der Waals surface area (Å²) in [5, 5.41) is 0. The van der Waals surface area contributed by atoms with Crippen molar-refractivity contribution in [1.82, 2.24) is 0 Å². The van der Waals surface area contributed by atoms with Crippen molar-refractivity contribution >= 4 is 11.9 Å².